The van der Waals surface area contributed by atoms with Gasteiger partial charge in [-0.25, -0.2) is 8.78 Å². The molecule has 1 N–H and O–H groups in total. The Balaban J connectivity index is 3.66. The summed E-state index contributed by atoms with van der Waals surface area (Å²) in [6.07, 6.45) is 1.67. The highest BCUT2D eigenvalue weighted by molar-refractivity contribution is 7.98. The van der Waals surface area contributed by atoms with Gasteiger partial charge in [-0.1, -0.05) is 19.6 Å². The molecule has 18 heavy (non-hydrogen) atoms. The zero-order valence-electron chi connectivity index (χ0n) is 11.2. The fourth-order valence-electron chi connectivity index (χ4n) is 1.86. The molecule has 1 rings (SSSR count). The molecule has 0 saturated heterocycles. The molecule has 0 fully saturated rings. The first-order valence-electron chi connectivity index (χ1n) is 5.51. The van der Waals surface area contributed by atoms with E-state index in [0.29, 0.717) is 0 Å². The Morgan fingerprint density at radius 3 is 2.17 bits per heavy atom. The summed E-state index contributed by atoms with van der Waals surface area (Å²) in [5, 5.41) is 9.91. The molecule has 0 aliphatic rings. The maximum Gasteiger partial charge on any atom is 0.168 e. The van der Waals surface area contributed by atoms with E-state index in [1.54, 1.807) is 6.26 Å². The van der Waals surface area contributed by atoms with Gasteiger partial charge in [0.05, 0.1) is 19.6 Å². The van der Waals surface area contributed by atoms with Crippen molar-refractivity contribution in [1.82, 2.24) is 0 Å². The molecule has 1 aromatic carbocycles. The lowest BCUT2D eigenvalue weighted by molar-refractivity contribution is 0.178. The monoisotopic (exact) mass is 292 g/mol. The van der Waals surface area contributed by atoms with Crippen molar-refractivity contribution in [2.75, 3.05) is 13.4 Å². The molecule has 0 spiro atoms. The van der Waals surface area contributed by atoms with Crippen LogP contribution in [0, 0.1) is 11.6 Å². The van der Waals surface area contributed by atoms with Crippen molar-refractivity contribution in [3.8, 4) is 5.75 Å². The second-order valence-electron chi connectivity index (χ2n) is 5.05. The lowest BCUT2D eigenvalue weighted by atomic mass is 10.2. The molecule has 0 radical (unpaired) electrons. The molecule has 0 atom stereocenters. The van der Waals surface area contributed by atoms with Crippen molar-refractivity contribution in [3.63, 3.8) is 0 Å². The topological polar surface area (TPSA) is 29.5 Å². The molecule has 0 aromatic heterocycles. The predicted octanol–water partition coefficient (Wildman–Crippen LogP) is 3.08. The third-order valence-corrected chi connectivity index (χ3v) is 5.43. The Bertz CT molecular complexity index is 459. The highest BCUT2D eigenvalue weighted by Crippen LogP contribution is 2.35. The fourth-order valence-corrected chi connectivity index (χ4v) is 4.12. The minimum atomic E-state index is -2.22. The first-order valence-corrected chi connectivity index (χ1v) is 10.2. The molecule has 0 aliphatic carbocycles. The number of thioether (sulfide) groups is 1. The summed E-state index contributed by atoms with van der Waals surface area (Å²) in [7, 11) is -0.782. The van der Waals surface area contributed by atoms with Crippen LogP contribution in [-0.4, -0.2) is 26.5 Å². The largest absolute Gasteiger partial charge is 0.504 e. The molecule has 2 nitrogen and oxygen atoms in total. The molecular weight excluding hydrogens is 274 g/mol. The van der Waals surface area contributed by atoms with Crippen LogP contribution in [0.3, 0.4) is 0 Å². The highest BCUT2D eigenvalue weighted by Gasteiger charge is 2.31. The predicted molar refractivity (Wildman–Crippen MR) is 73.5 cm³/mol. The third-order valence-electron chi connectivity index (χ3n) is 2.64. The molecule has 0 unspecified atom stereocenters. The van der Waals surface area contributed by atoms with E-state index in [2.05, 4.69) is 0 Å². The van der Waals surface area contributed by atoms with Gasteiger partial charge < -0.3 is 9.84 Å². The third kappa shape index (κ3) is 2.70. The average molecular weight is 292 g/mol. The number of methoxy groups -OCH3 is 1. The van der Waals surface area contributed by atoms with Gasteiger partial charge >= 0.3 is 0 Å². The molecule has 0 saturated carbocycles. The van der Waals surface area contributed by atoms with Crippen LogP contribution in [0.15, 0.2) is 4.90 Å². The number of ether oxygens (including phenoxy) is 1. The molecule has 1 aromatic rings. The summed E-state index contributed by atoms with van der Waals surface area (Å²) < 4.78 is 33.5. The zero-order valence-corrected chi connectivity index (χ0v) is 13.0. The summed E-state index contributed by atoms with van der Waals surface area (Å²) in [6, 6.07) is 0. The van der Waals surface area contributed by atoms with Gasteiger partial charge in [-0.3, -0.25) is 0 Å². The number of benzene rings is 1. The van der Waals surface area contributed by atoms with Gasteiger partial charge in [0.1, 0.15) is 5.82 Å². The quantitative estimate of drug-likeness (QED) is 0.683. The van der Waals surface area contributed by atoms with Crippen molar-refractivity contribution in [2.24, 2.45) is 0 Å². The molecule has 6 heteroatoms. The van der Waals surface area contributed by atoms with Crippen molar-refractivity contribution in [2.45, 2.75) is 31.1 Å². The van der Waals surface area contributed by atoms with E-state index in [1.165, 1.54) is 7.11 Å². The Morgan fingerprint density at radius 2 is 1.78 bits per heavy atom. The molecule has 0 aliphatic heterocycles. The van der Waals surface area contributed by atoms with Crippen LogP contribution in [0.25, 0.3) is 0 Å². The van der Waals surface area contributed by atoms with Gasteiger partial charge in [0, 0.05) is 17.9 Å². The van der Waals surface area contributed by atoms with Crippen molar-refractivity contribution in [3.05, 3.63) is 17.2 Å². The second kappa shape index (κ2) is 5.58. The standard InChI is InChI=1S/C12H18F2O2SSi/c1-16-6-7-8(13)12(18(3,4)5)9(14)10(15)11(7)17-2/h15H,6H2,1-5H3. The number of phenols is 1. The minimum absolute atomic E-state index is 0.0212. The van der Waals surface area contributed by atoms with E-state index < -0.39 is 25.5 Å². The Morgan fingerprint density at radius 1 is 1.22 bits per heavy atom. The Hall–Kier alpha value is -0.593. The van der Waals surface area contributed by atoms with E-state index in [9.17, 15) is 13.9 Å². The number of hydrogen-bond donors (Lipinski definition) is 1. The number of phenolic OH excluding ortho intramolecular Hbond substituents is 1. The van der Waals surface area contributed by atoms with E-state index in [1.807, 2.05) is 19.6 Å². The van der Waals surface area contributed by atoms with Crippen LogP contribution in [0.5, 0.6) is 5.75 Å². The lowest BCUT2D eigenvalue weighted by Crippen LogP contribution is -2.43. The zero-order chi connectivity index (χ0) is 14.1. The molecule has 0 bridgehead atoms. The van der Waals surface area contributed by atoms with Crippen molar-refractivity contribution in [1.29, 1.82) is 0 Å². The van der Waals surface area contributed by atoms with E-state index in [4.69, 9.17) is 4.74 Å². The Kier molecular flexibility index (Phi) is 4.80. The molecule has 0 amide bonds. The smallest absolute Gasteiger partial charge is 0.168 e. The Labute approximate surface area is 111 Å². The maximum absolute atomic E-state index is 14.4. The van der Waals surface area contributed by atoms with E-state index in [-0.39, 0.29) is 22.3 Å². The van der Waals surface area contributed by atoms with Gasteiger partial charge in [0.15, 0.2) is 11.6 Å². The number of rotatable bonds is 4. The van der Waals surface area contributed by atoms with Gasteiger partial charge in [-0.2, -0.15) is 0 Å². The molecular formula is C12H18F2O2SSi. The van der Waals surface area contributed by atoms with Gasteiger partial charge in [0.25, 0.3) is 0 Å². The number of aromatic hydroxyl groups is 1. The first kappa shape index (κ1) is 15.5. The fraction of sp³-hybridized carbons (Fsp3) is 0.500. The molecule has 0 heterocycles. The van der Waals surface area contributed by atoms with E-state index >= 15 is 0 Å². The highest BCUT2D eigenvalue weighted by atomic mass is 32.2. The summed E-state index contributed by atoms with van der Waals surface area (Å²) in [4.78, 5) is 0.217. The number of halogens is 2. The maximum atomic E-state index is 14.4. The lowest BCUT2D eigenvalue weighted by Gasteiger charge is -2.22. The average Bonchev–Trinajstić information content (AvgIpc) is 2.25. The SMILES string of the molecule is COCc1c(F)c([Si](C)(C)C)c(F)c(O)c1SC. The van der Waals surface area contributed by atoms with Crippen LogP contribution in [0.2, 0.25) is 19.6 Å². The van der Waals surface area contributed by atoms with Gasteiger partial charge in [-0.15, -0.1) is 11.8 Å². The summed E-state index contributed by atoms with van der Waals surface area (Å²) in [5.74, 6) is -1.86. The summed E-state index contributed by atoms with van der Waals surface area (Å²) in [6.45, 7) is 5.53. The van der Waals surface area contributed by atoms with Crippen molar-refractivity contribution >= 4 is 25.0 Å². The normalized spacial score (nSPS) is 11.9. The van der Waals surface area contributed by atoms with Crippen LogP contribution >= 0.6 is 11.8 Å². The second-order valence-corrected chi connectivity index (χ2v) is 10.9. The van der Waals surface area contributed by atoms with E-state index in [0.717, 1.165) is 11.8 Å². The minimum Gasteiger partial charge on any atom is -0.504 e. The van der Waals surface area contributed by atoms with Crippen LogP contribution in [-0.2, 0) is 11.3 Å². The van der Waals surface area contributed by atoms with Crippen molar-refractivity contribution < 1.29 is 18.6 Å². The van der Waals surface area contributed by atoms with Gasteiger partial charge in [0.2, 0.25) is 0 Å². The molecule has 102 valence electrons. The van der Waals surface area contributed by atoms with Crippen LogP contribution in [0.4, 0.5) is 8.78 Å². The van der Waals surface area contributed by atoms with Crippen LogP contribution < -0.4 is 5.19 Å². The van der Waals surface area contributed by atoms with Gasteiger partial charge in [-0.05, 0) is 6.26 Å². The first-order chi connectivity index (χ1) is 8.25. The summed E-state index contributed by atoms with van der Waals surface area (Å²) in [5.41, 5.74) is 0.237. The summed E-state index contributed by atoms with van der Waals surface area (Å²) >= 11 is 1.12. The number of hydrogen-bond acceptors (Lipinski definition) is 3. The van der Waals surface area contributed by atoms with Crippen LogP contribution in [0.1, 0.15) is 5.56 Å².